The second-order valence-corrected chi connectivity index (χ2v) is 7.03. The van der Waals surface area contributed by atoms with E-state index in [-0.39, 0.29) is 24.2 Å². The molecular formula is C22H17BrFN3O3. The molecule has 0 aliphatic carbocycles. The zero-order valence-electron chi connectivity index (χ0n) is 15.6. The number of hydrazone groups is 1. The minimum atomic E-state index is -0.374. The fourth-order valence-corrected chi connectivity index (χ4v) is 2.62. The fraction of sp³-hybridized carbons (Fsp3) is 0.0455. The molecule has 3 rings (SSSR count). The summed E-state index contributed by atoms with van der Waals surface area (Å²) in [4.78, 5) is 23.9. The average molecular weight is 470 g/mol. The lowest BCUT2D eigenvalue weighted by molar-refractivity contribution is -0.118. The summed E-state index contributed by atoms with van der Waals surface area (Å²) in [6.07, 6.45) is 1.50. The first-order valence-corrected chi connectivity index (χ1v) is 9.66. The van der Waals surface area contributed by atoms with E-state index < -0.39 is 0 Å². The van der Waals surface area contributed by atoms with Crippen molar-refractivity contribution in [2.24, 2.45) is 5.10 Å². The van der Waals surface area contributed by atoms with Gasteiger partial charge in [-0.05, 0) is 78.4 Å². The highest BCUT2D eigenvalue weighted by Crippen LogP contribution is 2.13. The van der Waals surface area contributed by atoms with Crippen LogP contribution in [0.1, 0.15) is 15.9 Å². The molecule has 0 fully saturated rings. The van der Waals surface area contributed by atoms with E-state index in [0.717, 1.165) is 10.0 Å². The van der Waals surface area contributed by atoms with Gasteiger partial charge >= 0.3 is 0 Å². The quantitative estimate of drug-likeness (QED) is 0.398. The van der Waals surface area contributed by atoms with Crippen molar-refractivity contribution in [2.45, 2.75) is 0 Å². The summed E-state index contributed by atoms with van der Waals surface area (Å²) in [5, 5.41) is 6.54. The molecule has 0 unspecified atom stereocenters. The molecule has 6 nitrogen and oxygen atoms in total. The van der Waals surface area contributed by atoms with Crippen LogP contribution < -0.4 is 15.5 Å². The molecular weight excluding hydrogens is 453 g/mol. The van der Waals surface area contributed by atoms with Gasteiger partial charge in [0.05, 0.1) is 6.21 Å². The molecule has 152 valence electrons. The second-order valence-electron chi connectivity index (χ2n) is 6.12. The maximum Gasteiger partial charge on any atom is 0.271 e. The predicted molar refractivity (Wildman–Crippen MR) is 116 cm³/mol. The smallest absolute Gasteiger partial charge is 0.271 e. The molecule has 2 N–H and O–H groups in total. The molecule has 0 atom stereocenters. The number of amides is 2. The Kier molecular flexibility index (Phi) is 7.29. The summed E-state index contributed by atoms with van der Waals surface area (Å²) in [6, 6.07) is 19.2. The third-order valence-corrected chi connectivity index (χ3v) is 4.39. The van der Waals surface area contributed by atoms with Gasteiger partial charge in [-0.25, -0.2) is 9.82 Å². The highest BCUT2D eigenvalue weighted by Gasteiger charge is 2.05. The first-order valence-electron chi connectivity index (χ1n) is 8.87. The Balaban J connectivity index is 1.45. The first-order chi connectivity index (χ1) is 14.5. The van der Waals surface area contributed by atoms with E-state index in [1.165, 1.54) is 30.5 Å². The van der Waals surface area contributed by atoms with Gasteiger partial charge in [-0.1, -0.05) is 15.9 Å². The first kappa shape index (κ1) is 21.2. The molecule has 0 saturated carbocycles. The van der Waals surface area contributed by atoms with E-state index >= 15 is 0 Å². The lowest BCUT2D eigenvalue weighted by Crippen LogP contribution is -2.20. The third kappa shape index (κ3) is 6.52. The summed E-state index contributed by atoms with van der Waals surface area (Å²) in [5.41, 5.74) is 4.19. The van der Waals surface area contributed by atoms with Gasteiger partial charge in [-0.15, -0.1) is 0 Å². The van der Waals surface area contributed by atoms with Gasteiger partial charge in [0, 0.05) is 15.7 Å². The molecule has 3 aromatic carbocycles. The second kappa shape index (κ2) is 10.3. The number of halogens is 2. The Hall–Kier alpha value is -3.52. The molecule has 30 heavy (non-hydrogen) atoms. The fourth-order valence-electron chi connectivity index (χ4n) is 2.36. The number of hydrogen-bond acceptors (Lipinski definition) is 4. The van der Waals surface area contributed by atoms with Crippen LogP contribution in [0.25, 0.3) is 0 Å². The van der Waals surface area contributed by atoms with E-state index in [0.29, 0.717) is 17.0 Å². The highest BCUT2D eigenvalue weighted by atomic mass is 79.9. The Morgan fingerprint density at radius 2 is 1.63 bits per heavy atom. The third-order valence-electron chi connectivity index (χ3n) is 3.86. The predicted octanol–water partition coefficient (Wildman–Crippen LogP) is 4.37. The summed E-state index contributed by atoms with van der Waals surface area (Å²) < 4.78 is 19.2. The number of carbonyl (C=O) groups excluding carboxylic acids is 2. The minimum Gasteiger partial charge on any atom is -0.484 e. The Morgan fingerprint density at radius 3 is 2.30 bits per heavy atom. The Bertz CT molecular complexity index is 1040. The number of hydrogen-bond donors (Lipinski definition) is 2. The van der Waals surface area contributed by atoms with Crippen LogP contribution in [0.15, 0.2) is 82.4 Å². The van der Waals surface area contributed by atoms with Crippen LogP contribution in [0, 0.1) is 5.82 Å². The van der Waals surface area contributed by atoms with Crippen LogP contribution in [0.3, 0.4) is 0 Å². The van der Waals surface area contributed by atoms with E-state index in [2.05, 4.69) is 31.8 Å². The number of nitrogens with one attached hydrogen (secondary N) is 2. The number of benzene rings is 3. The van der Waals surface area contributed by atoms with E-state index in [1.54, 1.807) is 48.5 Å². The van der Waals surface area contributed by atoms with Gasteiger partial charge in [0.2, 0.25) is 0 Å². The summed E-state index contributed by atoms with van der Waals surface area (Å²) >= 11 is 3.31. The maximum atomic E-state index is 12.9. The lowest BCUT2D eigenvalue weighted by Gasteiger charge is -2.07. The zero-order valence-corrected chi connectivity index (χ0v) is 17.2. The van der Waals surface area contributed by atoms with Crippen LogP contribution in [0.2, 0.25) is 0 Å². The van der Waals surface area contributed by atoms with Crippen molar-refractivity contribution in [3.05, 3.63) is 94.2 Å². The minimum absolute atomic E-state index is 0.186. The van der Waals surface area contributed by atoms with Gasteiger partial charge in [0.15, 0.2) is 6.61 Å². The number of carbonyl (C=O) groups is 2. The standard InChI is InChI=1S/C22H17BrFN3O3/c23-17-5-3-16(4-6-17)22(29)27-25-13-15-1-11-20(12-2-15)30-14-21(28)26-19-9-7-18(24)8-10-19/h1-13H,14H2,(H,26,28)(H,27,29)/b25-13-. The van der Waals surface area contributed by atoms with Gasteiger partial charge in [-0.2, -0.15) is 5.10 Å². The van der Waals surface area contributed by atoms with Crippen LogP contribution in [-0.2, 0) is 4.79 Å². The topological polar surface area (TPSA) is 79.8 Å². The molecule has 0 aliphatic rings. The van der Waals surface area contributed by atoms with Crippen LogP contribution >= 0.6 is 15.9 Å². The number of anilines is 1. The molecule has 8 heteroatoms. The lowest BCUT2D eigenvalue weighted by atomic mass is 10.2. The van der Waals surface area contributed by atoms with Gasteiger partial charge in [0.1, 0.15) is 11.6 Å². The number of ether oxygens (including phenoxy) is 1. The average Bonchev–Trinajstić information content (AvgIpc) is 2.75. The number of rotatable bonds is 7. The van der Waals surface area contributed by atoms with E-state index in [9.17, 15) is 14.0 Å². The summed E-state index contributed by atoms with van der Waals surface area (Å²) in [6.45, 7) is -0.186. The Morgan fingerprint density at radius 1 is 0.967 bits per heavy atom. The molecule has 0 aromatic heterocycles. The molecule has 0 aliphatic heterocycles. The molecule has 0 spiro atoms. The van der Waals surface area contributed by atoms with E-state index in [4.69, 9.17) is 4.74 Å². The molecule has 0 heterocycles. The molecule has 0 saturated heterocycles. The van der Waals surface area contributed by atoms with Gasteiger partial charge in [-0.3, -0.25) is 9.59 Å². The SMILES string of the molecule is O=C(COc1ccc(/C=N\NC(=O)c2ccc(Br)cc2)cc1)Nc1ccc(F)cc1. The highest BCUT2D eigenvalue weighted by molar-refractivity contribution is 9.10. The van der Waals surface area contributed by atoms with Crippen molar-refractivity contribution < 1.29 is 18.7 Å². The summed E-state index contributed by atoms with van der Waals surface area (Å²) in [5.74, 6) is -0.546. The van der Waals surface area contributed by atoms with Crippen molar-refractivity contribution in [1.82, 2.24) is 5.43 Å². The zero-order chi connectivity index (χ0) is 21.3. The van der Waals surface area contributed by atoms with E-state index in [1.807, 2.05) is 0 Å². The molecule has 2 amide bonds. The van der Waals surface area contributed by atoms with Crippen molar-refractivity contribution in [2.75, 3.05) is 11.9 Å². The summed E-state index contributed by atoms with van der Waals surface area (Å²) in [7, 11) is 0. The van der Waals surface area contributed by atoms with Crippen molar-refractivity contribution >= 4 is 39.6 Å². The molecule has 3 aromatic rings. The monoisotopic (exact) mass is 469 g/mol. The largest absolute Gasteiger partial charge is 0.484 e. The van der Waals surface area contributed by atoms with Gasteiger partial charge in [0.25, 0.3) is 11.8 Å². The molecule has 0 radical (unpaired) electrons. The Labute approximate surface area is 180 Å². The van der Waals surface area contributed by atoms with Crippen LogP contribution in [0.5, 0.6) is 5.75 Å². The van der Waals surface area contributed by atoms with Crippen molar-refractivity contribution in [3.63, 3.8) is 0 Å². The van der Waals surface area contributed by atoms with Crippen molar-refractivity contribution in [3.8, 4) is 5.75 Å². The maximum absolute atomic E-state index is 12.9. The number of nitrogens with zero attached hydrogens (tertiary/aromatic N) is 1. The van der Waals surface area contributed by atoms with Gasteiger partial charge < -0.3 is 10.1 Å². The molecule has 0 bridgehead atoms. The van der Waals surface area contributed by atoms with Crippen molar-refractivity contribution in [1.29, 1.82) is 0 Å². The normalized spacial score (nSPS) is 10.6. The van der Waals surface area contributed by atoms with Crippen LogP contribution in [-0.4, -0.2) is 24.6 Å². The van der Waals surface area contributed by atoms with Crippen LogP contribution in [0.4, 0.5) is 10.1 Å².